The van der Waals surface area contributed by atoms with Crippen molar-refractivity contribution in [3.05, 3.63) is 74.9 Å². The van der Waals surface area contributed by atoms with Crippen LogP contribution in [0.3, 0.4) is 0 Å². The summed E-state index contributed by atoms with van der Waals surface area (Å²) in [5, 5.41) is 4.98. The molecule has 0 saturated heterocycles. The lowest BCUT2D eigenvalue weighted by Gasteiger charge is -2.34. The molecule has 1 unspecified atom stereocenters. The molecule has 0 aliphatic carbocycles. The maximum atomic E-state index is 13.2. The predicted molar refractivity (Wildman–Crippen MR) is 114 cm³/mol. The van der Waals surface area contributed by atoms with Crippen molar-refractivity contribution in [2.75, 3.05) is 6.26 Å². The van der Waals surface area contributed by atoms with E-state index in [0.717, 1.165) is 5.56 Å². The summed E-state index contributed by atoms with van der Waals surface area (Å²) in [7, 11) is -1.00. The van der Waals surface area contributed by atoms with Crippen molar-refractivity contribution < 1.29 is 13.5 Å². The fourth-order valence-corrected chi connectivity index (χ4v) is 4.53. The molecule has 28 heavy (non-hydrogen) atoms. The van der Waals surface area contributed by atoms with E-state index in [1.54, 1.807) is 32.4 Å². The van der Waals surface area contributed by atoms with Crippen LogP contribution in [0, 0.1) is 13.8 Å². The van der Waals surface area contributed by atoms with Crippen molar-refractivity contribution in [3.8, 4) is 5.88 Å². The Labute approximate surface area is 175 Å². The molecule has 0 saturated carbocycles. The van der Waals surface area contributed by atoms with E-state index in [1.165, 1.54) is 10.7 Å². The Morgan fingerprint density at radius 1 is 1.14 bits per heavy atom. The Balaban J connectivity index is 2.03. The molecule has 1 heterocycles. The number of ketones is 1. The summed E-state index contributed by atoms with van der Waals surface area (Å²) >= 11 is 12.1. The molecule has 1 N–H and O–H groups in total. The zero-order valence-electron chi connectivity index (χ0n) is 15.9. The van der Waals surface area contributed by atoms with E-state index in [4.69, 9.17) is 27.4 Å². The molecule has 1 atom stereocenters. The highest BCUT2D eigenvalue weighted by molar-refractivity contribution is 8.24. The number of rotatable bonds is 5. The van der Waals surface area contributed by atoms with Crippen LogP contribution in [0.2, 0.25) is 10.0 Å². The van der Waals surface area contributed by atoms with Gasteiger partial charge in [-0.05, 0) is 44.2 Å². The highest BCUT2D eigenvalue weighted by atomic mass is 35.5. The summed E-state index contributed by atoms with van der Waals surface area (Å²) in [6, 6.07) is 12.1. The van der Waals surface area contributed by atoms with Gasteiger partial charge in [0.25, 0.3) is 5.88 Å². The van der Waals surface area contributed by atoms with Gasteiger partial charge in [-0.25, -0.2) is 4.68 Å². The van der Waals surface area contributed by atoms with Crippen LogP contribution in [-0.4, -0.2) is 26.4 Å². The first-order valence-electron chi connectivity index (χ1n) is 8.40. The maximum Gasteiger partial charge on any atom is 0.251 e. The smallest absolute Gasteiger partial charge is 0.251 e. The van der Waals surface area contributed by atoms with Gasteiger partial charge in [-0.2, -0.15) is 5.10 Å². The number of hydrogen-bond donors (Lipinski definition) is 1. The number of halogens is 2. The molecule has 0 radical (unpaired) electrons. The Morgan fingerprint density at radius 2 is 1.79 bits per heavy atom. The molecule has 2 aromatic carbocycles. The lowest BCUT2D eigenvalue weighted by atomic mass is 10.0. The number of hydrogen-bond acceptors (Lipinski definition) is 4. The summed E-state index contributed by atoms with van der Waals surface area (Å²) < 4.78 is 18.4. The Hall–Kier alpha value is -1.99. The van der Waals surface area contributed by atoms with Crippen LogP contribution in [0.25, 0.3) is 0 Å². The molecule has 5 nitrogen and oxygen atoms in total. The molecule has 0 spiro atoms. The van der Waals surface area contributed by atoms with Gasteiger partial charge in [-0.1, -0.05) is 40.9 Å². The monoisotopic (exact) mass is 438 g/mol. The number of benzene rings is 2. The van der Waals surface area contributed by atoms with Crippen LogP contribution in [-0.2, 0) is 7.05 Å². The molecule has 0 aliphatic rings. The van der Waals surface area contributed by atoms with Crippen molar-refractivity contribution in [1.82, 2.24) is 9.78 Å². The molecule has 3 rings (SSSR count). The molecule has 148 valence electrons. The van der Waals surface area contributed by atoms with Crippen LogP contribution in [0.4, 0.5) is 0 Å². The molecular formula is C20H20Cl2N2O3S. The minimum absolute atomic E-state index is 0.189. The third-order valence-electron chi connectivity index (χ3n) is 4.27. The van der Waals surface area contributed by atoms with E-state index in [1.807, 2.05) is 31.2 Å². The Morgan fingerprint density at radius 3 is 2.39 bits per heavy atom. The second-order valence-electron chi connectivity index (χ2n) is 6.54. The SMILES string of the molecule is Cc1ccc(S(C)(O)Oc2c(C(=O)c3ccc(Cl)cc3Cl)c(C)nn2C)cc1. The highest BCUT2D eigenvalue weighted by Gasteiger charge is 2.28. The van der Waals surface area contributed by atoms with E-state index in [0.29, 0.717) is 15.6 Å². The van der Waals surface area contributed by atoms with E-state index in [-0.39, 0.29) is 27.8 Å². The van der Waals surface area contributed by atoms with Crippen LogP contribution in [0.1, 0.15) is 27.2 Å². The van der Waals surface area contributed by atoms with E-state index >= 15 is 0 Å². The summed E-state index contributed by atoms with van der Waals surface area (Å²) in [6.45, 7) is 3.67. The van der Waals surface area contributed by atoms with Gasteiger partial charge >= 0.3 is 0 Å². The third kappa shape index (κ3) is 4.05. The fourth-order valence-electron chi connectivity index (χ4n) is 2.79. The van der Waals surface area contributed by atoms with Crippen molar-refractivity contribution >= 4 is 39.6 Å². The average molecular weight is 439 g/mol. The lowest BCUT2D eigenvalue weighted by Crippen LogP contribution is -2.12. The number of aromatic nitrogens is 2. The van der Waals surface area contributed by atoms with E-state index in [9.17, 15) is 9.35 Å². The molecule has 8 heteroatoms. The first-order chi connectivity index (χ1) is 13.1. The van der Waals surface area contributed by atoms with Crippen molar-refractivity contribution in [2.45, 2.75) is 18.7 Å². The number of carbonyl (C=O) groups excluding carboxylic acids is 1. The third-order valence-corrected chi connectivity index (χ3v) is 6.45. The first kappa shape index (κ1) is 20.7. The van der Waals surface area contributed by atoms with Gasteiger partial charge in [-0.15, -0.1) is 10.6 Å². The molecule has 1 aromatic heterocycles. The average Bonchev–Trinajstić information content (AvgIpc) is 2.87. The van der Waals surface area contributed by atoms with Gasteiger partial charge in [-0.3, -0.25) is 9.35 Å². The Kier molecular flexibility index (Phi) is 5.77. The lowest BCUT2D eigenvalue weighted by molar-refractivity contribution is 0.103. The van der Waals surface area contributed by atoms with Gasteiger partial charge in [0.05, 0.1) is 15.6 Å². The fraction of sp³-hybridized carbons (Fsp3) is 0.200. The summed E-state index contributed by atoms with van der Waals surface area (Å²) in [4.78, 5) is 13.8. The maximum absolute atomic E-state index is 13.2. The minimum Gasteiger partial charge on any atom is -0.367 e. The number of aryl methyl sites for hydroxylation is 3. The minimum atomic E-state index is -2.66. The molecule has 0 bridgehead atoms. The normalized spacial score (nSPS) is 14.4. The summed E-state index contributed by atoms with van der Waals surface area (Å²) in [5.74, 6) is -0.157. The molecule has 0 aliphatic heterocycles. The quantitative estimate of drug-likeness (QED) is 0.508. The number of nitrogens with zero attached hydrogens (tertiary/aromatic N) is 2. The predicted octanol–water partition coefficient (Wildman–Crippen LogP) is 5.84. The largest absolute Gasteiger partial charge is 0.367 e. The zero-order chi connectivity index (χ0) is 20.6. The van der Waals surface area contributed by atoms with Gasteiger partial charge in [0.2, 0.25) is 5.78 Å². The van der Waals surface area contributed by atoms with Gasteiger partial charge in [0.1, 0.15) is 5.56 Å². The van der Waals surface area contributed by atoms with E-state index in [2.05, 4.69) is 5.10 Å². The van der Waals surface area contributed by atoms with Gasteiger partial charge < -0.3 is 4.18 Å². The standard InChI is InChI=1S/C20H20Cl2N2O3S/c1-12-5-8-15(9-6-12)28(4,26)27-20-18(13(2)23-24(20)3)19(25)16-10-7-14(21)11-17(16)22/h5-11,26H,1-4H3. The van der Waals surface area contributed by atoms with Crippen LogP contribution in [0.5, 0.6) is 5.88 Å². The van der Waals surface area contributed by atoms with Crippen LogP contribution >= 0.6 is 33.8 Å². The first-order valence-corrected chi connectivity index (χ1v) is 11.1. The number of carbonyl (C=O) groups is 1. The second kappa shape index (κ2) is 7.79. The van der Waals surface area contributed by atoms with Crippen molar-refractivity contribution in [3.63, 3.8) is 0 Å². The van der Waals surface area contributed by atoms with Gasteiger partial charge in [0, 0.05) is 23.9 Å². The molecule has 3 aromatic rings. The summed E-state index contributed by atoms with van der Waals surface area (Å²) in [6.07, 6.45) is 1.60. The molecule has 0 fully saturated rings. The topological polar surface area (TPSA) is 64.3 Å². The van der Waals surface area contributed by atoms with Crippen LogP contribution in [0.15, 0.2) is 47.4 Å². The second-order valence-corrected chi connectivity index (χ2v) is 9.63. The molecular weight excluding hydrogens is 419 g/mol. The van der Waals surface area contributed by atoms with Crippen LogP contribution < -0.4 is 4.18 Å². The summed E-state index contributed by atoms with van der Waals surface area (Å²) in [5.41, 5.74) is 2.10. The van der Waals surface area contributed by atoms with Gasteiger partial charge in [0.15, 0.2) is 0 Å². The van der Waals surface area contributed by atoms with E-state index < -0.39 is 10.6 Å². The Bertz CT molecular complexity index is 1050. The highest BCUT2D eigenvalue weighted by Crippen LogP contribution is 2.50. The van der Waals surface area contributed by atoms with Crippen molar-refractivity contribution in [2.24, 2.45) is 7.05 Å². The van der Waals surface area contributed by atoms with Crippen molar-refractivity contribution in [1.29, 1.82) is 0 Å². The molecule has 0 amide bonds. The zero-order valence-corrected chi connectivity index (χ0v) is 18.2.